The van der Waals surface area contributed by atoms with Gasteiger partial charge in [0.1, 0.15) is 11.8 Å². The first-order chi connectivity index (χ1) is 6.06. The Balaban J connectivity index is 3.38. The van der Waals surface area contributed by atoms with Gasteiger partial charge in [0.2, 0.25) is 0 Å². The van der Waals surface area contributed by atoms with Gasteiger partial charge in [-0.1, -0.05) is 0 Å². The minimum Gasteiger partial charge on any atom is -0.505 e. The molecule has 0 bridgehead atoms. The van der Waals surface area contributed by atoms with Crippen LogP contribution in [-0.4, -0.2) is 10.1 Å². The average molecular weight is 184 g/mol. The molecule has 68 valence electrons. The predicted octanol–water partition coefficient (Wildman–Crippen LogP) is 1.90. The molecule has 1 rings (SSSR count). The number of halogens is 2. The second-order valence-corrected chi connectivity index (χ2v) is 2.46. The monoisotopic (exact) mass is 184 g/mol. The lowest BCUT2D eigenvalue weighted by Crippen LogP contribution is -1.95. The van der Waals surface area contributed by atoms with E-state index in [2.05, 4.69) is 4.98 Å². The molecule has 0 fully saturated rings. The first-order valence-electron chi connectivity index (χ1n) is 3.45. The molecule has 0 aliphatic carbocycles. The summed E-state index contributed by atoms with van der Waals surface area (Å²) in [6.07, 6.45) is -2.87. The second-order valence-electron chi connectivity index (χ2n) is 2.46. The summed E-state index contributed by atoms with van der Waals surface area (Å²) in [6, 6.07) is 2.86. The number of hydrogen-bond acceptors (Lipinski definition) is 3. The van der Waals surface area contributed by atoms with E-state index in [1.165, 1.54) is 13.0 Å². The smallest absolute Gasteiger partial charge is 0.284 e. The van der Waals surface area contributed by atoms with Crippen LogP contribution in [0.5, 0.6) is 5.75 Å². The van der Waals surface area contributed by atoms with Gasteiger partial charge in [0.05, 0.1) is 5.56 Å². The van der Waals surface area contributed by atoms with Crippen LogP contribution in [0.1, 0.15) is 23.4 Å². The highest BCUT2D eigenvalue weighted by Gasteiger charge is 2.18. The van der Waals surface area contributed by atoms with Gasteiger partial charge in [-0.15, -0.1) is 0 Å². The molecule has 0 saturated carbocycles. The zero-order valence-electron chi connectivity index (χ0n) is 6.75. The summed E-state index contributed by atoms with van der Waals surface area (Å²) < 4.78 is 24.4. The van der Waals surface area contributed by atoms with Crippen LogP contribution in [0.15, 0.2) is 6.07 Å². The molecule has 0 aliphatic rings. The molecule has 0 aromatic carbocycles. The lowest BCUT2D eigenvalue weighted by Gasteiger charge is -2.04. The van der Waals surface area contributed by atoms with Crippen LogP contribution in [0.3, 0.4) is 0 Å². The van der Waals surface area contributed by atoms with E-state index in [0.717, 1.165) is 0 Å². The van der Waals surface area contributed by atoms with E-state index >= 15 is 0 Å². The molecule has 0 atom stereocenters. The van der Waals surface area contributed by atoms with E-state index in [1.807, 2.05) is 0 Å². The fourth-order valence-electron chi connectivity index (χ4n) is 0.928. The molecule has 3 nitrogen and oxygen atoms in total. The number of aryl methyl sites for hydroxylation is 1. The summed E-state index contributed by atoms with van der Waals surface area (Å²) in [5, 5.41) is 17.6. The summed E-state index contributed by atoms with van der Waals surface area (Å²) in [5.74, 6) is -0.733. The van der Waals surface area contributed by atoms with E-state index in [4.69, 9.17) is 10.4 Å². The van der Waals surface area contributed by atoms with Crippen LogP contribution in [-0.2, 0) is 0 Å². The summed E-state index contributed by atoms with van der Waals surface area (Å²) in [4.78, 5) is 3.43. The molecule has 0 saturated heterocycles. The van der Waals surface area contributed by atoms with E-state index < -0.39 is 17.9 Å². The lowest BCUT2D eigenvalue weighted by atomic mass is 10.2. The van der Waals surface area contributed by atoms with E-state index in [1.54, 1.807) is 6.07 Å². The summed E-state index contributed by atoms with van der Waals surface area (Å²) in [6.45, 7) is 1.48. The van der Waals surface area contributed by atoms with Crippen molar-refractivity contribution in [1.29, 1.82) is 5.26 Å². The number of aromatic nitrogens is 1. The van der Waals surface area contributed by atoms with Crippen molar-refractivity contribution in [2.45, 2.75) is 13.3 Å². The van der Waals surface area contributed by atoms with Gasteiger partial charge in [-0.25, -0.2) is 13.8 Å². The van der Waals surface area contributed by atoms with Crippen molar-refractivity contribution in [1.82, 2.24) is 4.98 Å². The molecule has 1 aromatic heterocycles. The highest BCUT2D eigenvalue weighted by atomic mass is 19.3. The summed E-state index contributed by atoms with van der Waals surface area (Å²) in [7, 11) is 0. The van der Waals surface area contributed by atoms with Crippen molar-refractivity contribution in [3.05, 3.63) is 23.0 Å². The van der Waals surface area contributed by atoms with E-state index in [0.29, 0.717) is 0 Å². The maximum absolute atomic E-state index is 12.2. The van der Waals surface area contributed by atoms with Crippen LogP contribution < -0.4 is 0 Å². The van der Waals surface area contributed by atoms with Crippen molar-refractivity contribution in [3.8, 4) is 11.8 Å². The Morgan fingerprint density at radius 2 is 2.23 bits per heavy atom. The fraction of sp³-hybridized carbons (Fsp3) is 0.250. The minimum absolute atomic E-state index is 0.178. The van der Waals surface area contributed by atoms with Crippen molar-refractivity contribution in [2.75, 3.05) is 0 Å². The van der Waals surface area contributed by atoms with Gasteiger partial charge in [-0.3, -0.25) is 0 Å². The molecular formula is C8H6F2N2O. The Morgan fingerprint density at radius 3 is 2.69 bits per heavy atom. The fourth-order valence-corrected chi connectivity index (χ4v) is 0.928. The van der Waals surface area contributed by atoms with E-state index in [9.17, 15) is 8.78 Å². The Bertz CT molecular complexity index is 371. The highest BCUT2D eigenvalue weighted by Crippen LogP contribution is 2.29. The molecule has 0 aliphatic heterocycles. The first kappa shape index (κ1) is 9.39. The molecule has 0 radical (unpaired) electrons. The average Bonchev–Trinajstić information content (AvgIpc) is 2.08. The van der Waals surface area contributed by atoms with Crippen molar-refractivity contribution in [3.63, 3.8) is 0 Å². The predicted molar refractivity (Wildman–Crippen MR) is 40.3 cm³/mol. The number of pyridine rings is 1. The molecule has 0 amide bonds. The molecule has 0 unspecified atom stereocenters. The standard InChI is InChI=1S/C8H6F2N2O/c1-4-2-5(3-11)7(13)6(12-4)8(9)10/h2,8,13H,1H3. The summed E-state index contributed by atoms with van der Waals surface area (Å²) >= 11 is 0. The van der Waals surface area contributed by atoms with Gasteiger partial charge in [0, 0.05) is 5.69 Å². The number of rotatable bonds is 1. The van der Waals surface area contributed by atoms with Crippen molar-refractivity contribution < 1.29 is 13.9 Å². The largest absolute Gasteiger partial charge is 0.505 e. The number of alkyl halides is 2. The third-order valence-corrected chi connectivity index (χ3v) is 1.47. The summed E-state index contributed by atoms with van der Waals surface area (Å²) in [5.41, 5.74) is -0.635. The van der Waals surface area contributed by atoms with Crippen molar-refractivity contribution in [2.24, 2.45) is 0 Å². The van der Waals surface area contributed by atoms with Crippen LogP contribution in [0.2, 0.25) is 0 Å². The molecular weight excluding hydrogens is 178 g/mol. The Morgan fingerprint density at radius 1 is 1.62 bits per heavy atom. The third kappa shape index (κ3) is 1.72. The van der Waals surface area contributed by atoms with Crippen LogP contribution in [0.25, 0.3) is 0 Å². The topological polar surface area (TPSA) is 56.9 Å². The van der Waals surface area contributed by atoms with Crippen molar-refractivity contribution >= 4 is 0 Å². The zero-order chi connectivity index (χ0) is 10.0. The molecule has 5 heteroatoms. The number of nitrogens with zero attached hydrogens (tertiary/aromatic N) is 2. The third-order valence-electron chi connectivity index (χ3n) is 1.47. The molecule has 1 N–H and O–H groups in total. The Labute approximate surface area is 73.3 Å². The minimum atomic E-state index is -2.87. The normalized spacial score (nSPS) is 10.1. The number of aromatic hydroxyl groups is 1. The SMILES string of the molecule is Cc1cc(C#N)c(O)c(C(F)F)n1. The zero-order valence-corrected chi connectivity index (χ0v) is 6.75. The van der Waals surface area contributed by atoms with Gasteiger partial charge in [-0.2, -0.15) is 5.26 Å². The highest BCUT2D eigenvalue weighted by molar-refractivity contribution is 5.46. The molecule has 13 heavy (non-hydrogen) atoms. The number of nitriles is 1. The van der Waals surface area contributed by atoms with Crippen LogP contribution >= 0.6 is 0 Å². The van der Waals surface area contributed by atoms with Crippen LogP contribution in [0, 0.1) is 18.3 Å². The maximum Gasteiger partial charge on any atom is 0.284 e. The van der Waals surface area contributed by atoms with Gasteiger partial charge >= 0.3 is 0 Å². The van der Waals surface area contributed by atoms with Gasteiger partial charge in [-0.05, 0) is 13.0 Å². The maximum atomic E-state index is 12.2. The quantitative estimate of drug-likeness (QED) is 0.725. The van der Waals surface area contributed by atoms with E-state index in [-0.39, 0.29) is 11.3 Å². The molecule has 1 heterocycles. The van der Waals surface area contributed by atoms with Gasteiger partial charge < -0.3 is 5.11 Å². The molecule has 0 spiro atoms. The Hall–Kier alpha value is -1.70. The number of hydrogen-bond donors (Lipinski definition) is 1. The van der Waals surface area contributed by atoms with Gasteiger partial charge in [0.15, 0.2) is 5.75 Å². The first-order valence-corrected chi connectivity index (χ1v) is 3.45. The second kappa shape index (κ2) is 3.35. The lowest BCUT2D eigenvalue weighted by molar-refractivity contribution is 0.141. The molecule has 1 aromatic rings. The Kier molecular flexibility index (Phi) is 2.42. The van der Waals surface area contributed by atoms with Gasteiger partial charge in [0.25, 0.3) is 6.43 Å². The van der Waals surface area contributed by atoms with Crippen LogP contribution in [0.4, 0.5) is 8.78 Å².